The van der Waals surface area contributed by atoms with Crippen molar-refractivity contribution in [2.45, 2.75) is 52.1 Å². The Bertz CT molecular complexity index is 488. The van der Waals surface area contributed by atoms with Gasteiger partial charge in [-0.1, -0.05) is 0 Å². The van der Waals surface area contributed by atoms with E-state index in [1.54, 1.807) is 6.92 Å². The third-order valence-electron chi connectivity index (χ3n) is 3.97. The van der Waals surface area contributed by atoms with Gasteiger partial charge in [0.1, 0.15) is 0 Å². The van der Waals surface area contributed by atoms with Crippen LogP contribution in [0.3, 0.4) is 0 Å². The van der Waals surface area contributed by atoms with Gasteiger partial charge in [0.15, 0.2) is 10.9 Å². The normalized spacial score (nSPS) is 22.4. The minimum absolute atomic E-state index is 0.0809. The molecule has 1 aromatic carbocycles. The lowest BCUT2D eigenvalue weighted by molar-refractivity contribution is 0.101. The van der Waals surface area contributed by atoms with Gasteiger partial charge in [-0.05, 0) is 76.5 Å². The van der Waals surface area contributed by atoms with Crippen molar-refractivity contribution in [3.05, 3.63) is 29.8 Å². The molecule has 2 atom stereocenters. The maximum Gasteiger partial charge on any atom is 0.173 e. The average molecular weight is 290 g/mol. The van der Waals surface area contributed by atoms with Crippen LogP contribution in [-0.2, 0) is 0 Å². The number of ketones is 1. The Morgan fingerprint density at radius 2 is 1.75 bits per heavy atom. The first kappa shape index (κ1) is 15.0. The SMILES string of the molecule is CC(=O)c1ccc(NC(=S)N2[C@H](C)CCC[C@H]2C)cc1. The second-order valence-corrected chi connectivity index (χ2v) is 5.99. The van der Waals surface area contributed by atoms with Gasteiger partial charge in [-0.2, -0.15) is 0 Å². The number of anilines is 1. The lowest BCUT2D eigenvalue weighted by Gasteiger charge is -2.40. The van der Waals surface area contributed by atoms with Crippen molar-refractivity contribution in [3.63, 3.8) is 0 Å². The first-order valence-electron chi connectivity index (χ1n) is 7.19. The highest BCUT2D eigenvalue weighted by Crippen LogP contribution is 2.23. The van der Waals surface area contributed by atoms with Crippen LogP contribution >= 0.6 is 12.2 Å². The largest absolute Gasteiger partial charge is 0.344 e. The molecule has 0 aromatic heterocycles. The van der Waals surface area contributed by atoms with Gasteiger partial charge in [0.2, 0.25) is 0 Å². The molecule has 3 nitrogen and oxygen atoms in total. The first-order valence-corrected chi connectivity index (χ1v) is 7.60. The van der Waals surface area contributed by atoms with Gasteiger partial charge in [-0.15, -0.1) is 0 Å². The summed E-state index contributed by atoms with van der Waals surface area (Å²) in [5.41, 5.74) is 1.66. The Morgan fingerprint density at radius 3 is 2.25 bits per heavy atom. The predicted molar refractivity (Wildman–Crippen MR) is 87.3 cm³/mol. The summed E-state index contributed by atoms with van der Waals surface area (Å²) in [6.07, 6.45) is 3.65. The molecule has 4 heteroatoms. The zero-order valence-electron chi connectivity index (χ0n) is 12.3. The summed E-state index contributed by atoms with van der Waals surface area (Å²) in [4.78, 5) is 13.5. The van der Waals surface area contributed by atoms with Crippen molar-refractivity contribution in [1.82, 2.24) is 4.90 Å². The standard InChI is InChI=1S/C16H22N2OS/c1-11-5-4-6-12(2)18(11)16(20)17-15-9-7-14(8-10-15)13(3)19/h7-12H,4-6H2,1-3H3,(H,17,20)/t11-,12-/m1/s1. The maximum absolute atomic E-state index is 11.3. The van der Waals surface area contributed by atoms with Crippen LogP contribution in [0.5, 0.6) is 0 Å². The van der Waals surface area contributed by atoms with Gasteiger partial charge >= 0.3 is 0 Å². The second kappa shape index (κ2) is 6.35. The van der Waals surface area contributed by atoms with Gasteiger partial charge in [0.25, 0.3) is 0 Å². The fourth-order valence-electron chi connectivity index (χ4n) is 2.80. The summed E-state index contributed by atoms with van der Waals surface area (Å²) < 4.78 is 0. The van der Waals surface area contributed by atoms with E-state index >= 15 is 0 Å². The van der Waals surface area contributed by atoms with E-state index in [4.69, 9.17) is 12.2 Å². The summed E-state index contributed by atoms with van der Waals surface area (Å²) in [5.74, 6) is 0.0809. The van der Waals surface area contributed by atoms with E-state index in [0.717, 1.165) is 16.4 Å². The Balaban J connectivity index is 2.05. The summed E-state index contributed by atoms with van der Waals surface area (Å²) in [6, 6.07) is 8.43. The molecule has 0 saturated carbocycles. The number of thiocarbonyl (C=S) groups is 1. The molecule has 0 bridgehead atoms. The molecule has 0 radical (unpaired) electrons. The number of Topliss-reactive ketones (excluding diaryl/α,β-unsaturated/α-hetero) is 1. The molecule has 1 fully saturated rings. The summed E-state index contributed by atoms with van der Waals surface area (Å²) in [6.45, 7) is 6.02. The topological polar surface area (TPSA) is 32.3 Å². The summed E-state index contributed by atoms with van der Waals surface area (Å²) >= 11 is 5.54. The fraction of sp³-hybridized carbons (Fsp3) is 0.500. The lowest BCUT2D eigenvalue weighted by atomic mass is 9.98. The summed E-state index contributed by atoms with van der Waals surface area (Å²) in [7, 11) is 0. The van der Waals surface area contributed by atoms with Crippen LogP contribution < -0.4 is 5.32 Å². The molecule has 1 N–H and O–H groups in total. The quantitative estimate of drug-likeness (QED) is 0.662. The fourth-order valence-corrected chi connectivity index (χ4v) is 3.28. The molecule has 0 aliphatic carbocycles. The van der Waals surface area contributed by atoms with Crippen LogP contribution in [-0.4, -0.2) is 27.9 Å². The van der Waals surface area contributed by atoms with Gasteiger partial charge in [0.05, 0.1) is 0 Å². The Hall–Kier alpha value is -1.42. The number of piperidine rings is 1. The van der Waals surface area contributed by atoms with Gasteiger partial charge in [0, 0.05) is 23.3 Å². The zero-order chi connectivity index (χ0) is 14.7. The third-order valence-corrected chi connectivity index (χ3v) is 4.28. The van der Waals surface area contributed by atoms with Gasteiger partial charge < -0.3 is 10.2 Å². The van der Waals surface area contributed by atoms with E-state index in [9.17, 15) is 4.79 Å². The van der Waals surface area contributed by atoms with Crippen molar-refractivity contribution < 1.29 is 4.79 Å². The molecular weight excluding hydrogens is 268 g/mol. The first-order chi connectivity index (χ1) is 9.49. The highest BCUT2D eigenvalue weighted by molar-refractivity contribution is 7.80. The van der Waals surface area contributed by atoms with Crippen LogP contribution in [0.15, 0.2) is 24.3 Å². The van der Waals surface area contributed by atoms with Crippen LogP contribution in [0.2, 0.25) is 0 Å². The monoisotopic (exact) mass is 290 g/mol. The van der Waals surface area contributed by atoms with Gasteiger partial charge in [-0.25, -0.2) is 0 Å². The van der Waals surface area contributed by atoms with Crippen LogP contribution in [0.25, 0.3) is 0 Å². The molecule has 0 unspecified atom stereocenters. The van der Waals surface area contributed by atoms with Gasteiger partial charge in [-0.3, -0.25) is 4.79 Å². The minimum atomic E-state index is 0.0809. The van der Waals surface area contributed by atoms with E-state index in [1.807, 2.05) is 24.3 Å². The van der Waals surface area contributed by atoms with Crippen molar-refractivity contribution in [1.29, 1.82) is 0 Å². The average Bonchev–Trinajstić information content (AvgIpc) is 2.39. The number of carbonyl (C=O) groups excluding carboxylic acids is 1. The molecule has 1 saturated heterocycles. The number of carbonyl (C=O) groups is 1. The molecule has 0 spiro atoms. The highest BCUT2D eigenvalue weighted by atomic mass is 32.1. The van der Waals surface area contributed by atoms with Crippen LogP contribution in [0.4, 0.5) is 5.69 Å². The highest BCUT2D eigenvalue weighted by Gasteiger charge is 2.26. The molecule has 1 aliphatic rings. The maximum atomic E-state index is 11.3. The second-order valence-electron chi connectivity index (χ2n) is 5.60. The van der Waals surface area contributed by atoms with Crippen LogP contribution in [0, 0.1) is 0 Å². The van der Waals surface area contributed by atoms with Crippen molar-refractivity contribution in [3.8, 4) is 0 Å². The zero-order valence-corrected chi connectivity index (χ0v) is 13.2. The number of hydrogen-bond acceptors (Lipinski definition) is 2. The molecule has 2 rings (SSSR count). The number of nitrogens with one attached hydrogen (secondary N) is 1. The Morgan fingerprint density at radius 1 is 1.20 bits per heavy atom. The molecular formula is C16H22N2OS. The van der Waals surface area contributed by atoms with Crippen LogP contribution in [0.1, 0.15) is 50.4 Å². The van der Waals surface area contributed by atoms with E-state index in [0.29, 0.717) is 12.1 Å². The van der Waals surface area contributed by atoms with E-state index in [-0.39, 0.29) is 5.78 Å². The number of hydrogen-bond donors (Lipinski definition) is 1. The lowest BCUT2D eigenvalue weighted by Crippen LogP contribution is -2.49. The molecule has 1 aromatic rings. The van der Waals surface area contributed by atoms with Crippen molar-refractivity contribution in [2.75, 3.05) is 5.32 Å². The molecule has 1 aliphatic heterocycles. The number of rotatable bonds is 2. The molecule has 0 amide bonds. The Labute approximate surface area is 126 Å². The summed E-state index contributed by atoms with van der Waals surface area (Å²) in [5, 5.41) is 4.06. The molecule has 1 heterocycles. The molecule has 20 heavy (non-hydrogen) atoms. The van der Waals surface area contributed by atoms with E-state index in [1.165, 1.54) is 19.3 Å². The van der Waals surface area contributed by atoms with E-state index < -0.39 is 0 Å². The Kier molecular flexibility index (Phi) is 4.76. The predicted octanol–water partition coefficient (Wildman–Crippen LogP) is 3.85. The molecule has 108 valence electrons. The minimum Gasteiger partial charge on any atom is -0.344 e. The number of benzene rings is 1. The van der Waals surface area contributed by atoms with E-state index in [2.05, 4.69) is 24.1 Å². The smallest absolute Gasteiger partial charge is 0.173 e. The number of nitrogens with zero attached hydrogens (tertiary/aromatic N) is 1. The van der Waals surface area contributed by atoms with Crippen molar-refractivity contribution >= 4 is 28.8 Å². The third kappa shape index (κ3) is 3.37. The van der Waals surface area contributed by atoms with Crippen molar-refractivity contribution in [2.24, 2.45) is 0 Å². The number of likely N-dealkylation sites (tertiary alicyclic amines) is 1.